The molecule has 168 valence electrons. The molecule has 3 saturated carbocycles. The van der Waals surface area contributed by atoms with Gasteiger partial charge in [-0.1, -0.05) is 19.9 Å². The number of carbonyl (C=O) groups excluding carboxylic acids is 4. The monoisotopic (exact) mass is 432 g/mol. The molecule has 8 atom stereocenters. The Labute approximate surface area is 180 Å². The highest BCUT2D eigenvalue weighted by molar-refractivity contribution is 6.02. The first-order valence-electron chi connectivity index (χ1n) is 10.6. The van der Waals surface area contributed by atoms with Crippen molar-refractivity contribution in [2.75, 3.05) is 6.61 Å². The second-order valence-corrected chi connectivity index (χ2v) is 9.88. The normalized spacial score (nSPS) is 46.0. The molecule has 3 fully saturated rings. The average molecular weight is 432 g/mol. The fourth-order valence-electron chi connectivity index (χ4n) is 6.79. The summed E-state index contributed by atoms with van der Waals surface area (Å²) in [6.07, 6.45) is 2.00. The molecule has 8 heteroatoms. The van der Waals surface area contributed by atoms with Gasteiger partial charge in [-0.3, -0.25) is 19.2 Å². The minimum atomic E-state index is -1.88. The number of ether oxygens (including phenoxy) is 1. The van der Waals surface area contributed by atoms with Crippen LogP contribution in [0.25, 0.3) is 0 Å². The molecule has 8 nitrogen and oxygen atoms in total. The van der Waals surface area contributed by atoms with Gasteiger partial charge in [0, 0.05) is 36.0 Å². The zero-order chi connectivity index (χ0) is 22.9. The number of fused-ring (bicyclic) bond motifs is 5. The molecule has 4 aliphatic carbocycles. The molecule has 0 heterocycles. The molecule has 3 N–H and O–H groups in total. The highest BCUT2D eigenvalue weighted by atomic mass is 16.5. The second kappa shape index (κ2) is 6.92. The van der Waals surface area contributed by atoms with Crippen LogP contribution in [0.2, 0.25) is 0 Å². The van der Waals surface area contributed by atoms with Crippen molar-refractivity contribution in [3.63, 3.8) is 0 Å². The Kier molecular flexibility index (Phi) is 4.92. The molecule has 31 heavy (non-hydrogen) atoms. The molecular weight excluding hydrogens is 404 g/mol. The maximum absolute atomic E-state index is 13.5. The fraction of sp³-hybridized carbons (Fsp3) is 0.652. The Morgan fingerprint density at radius 1 is 1.23 bits per heavy atom. The fourth-order valence-corrected chi connectivity index (χ4v) is 6.79. The topological polar surface area (TPSA) is 138 Å². The van der Waals surface area contributed by atoms with Crippen molar-refractivity contribution < 1.29 is 39.2 Å². The number of allylic oxidation sites excluding steroid dienone is 3. The molecule has 0 amide bonds. The predicted molar refractivity (Wildman–Crippen MR) is 106 cm³/mol. The van der Waals surface area contributed by atoms with E-state index in [-0.39, 0.29) is 24.4 Å². The van der Waals surface area contributed by atoms with Crippen molar-refractivity contribution in [2.45, 2.75) is 57.8 Å². The van der Waals surface area contributed by atoms with Gasteiger partial charge in [0.2, 0.25) is 5.78 Å². The Morgan fingerprint density at radius 3 is 2.55 bits per heavy atom. The van der Waals surface area contributed by atoms with Gasteiger partial charge in [-0.05, 0) is 36.5 Å². The first kappa shape index (κ1) is 22.0. The molecule has 0 aliphatic heterocycles. The smallest absolute Gasteiger partial charge is 0.303 e. The van der Waals surface area contributed by atoms with Crippen LogP contribution in [0.3, 0.4) is 0 Å². The van der Waals surface area contributed by atoms with Crippen LogP contribution in [0.4, 0.5) is 0 Å². The van der Waals surface area contributed by atoms with Gasteiger partial charge in [0.15, 0.2) is 12.4 Å². The number of ketones is 3. The van der Waals surface area contributed by atoms with Gasteiger partial charge in [0.05, 0.1) is 6.10 Å². The minimum Gasteiger partial charge on any atom is -0.458 e. The summed E-state index contributed by atoms with van der Waals surface area (Å²) < 4.78 is 4.80. The third-order valence-electron chi connectivity index (χ3n) is 8.38. The van der Waals surface area contributed by atoms with Crippen LogP contribution in [0.5, 0.6) is 0 Å². The Morgan fingerprint density at radius 2 is 1.90 bits per heavy atom. The molecular formula is C23H28O8. The lowest BCUT2D eigenvalue weighted by molar-refractivity contribution is -0.184. The van der Waals surface area contributed by atoms with E-state index in [2.05, 4.69) is 0 Å². The zero-order valence-corrected chi connectivity index (χ0v) is 17.8. The molecule has 0 aromatic carbocycles. The summed E-state index contributed by atoms with van der Waals surface area (Å²) in [5.74, 6) is -3.66. The number of aliphatic hydroxyl groups is 3. The molecule has 0 aromatic rings. The Bertz CT molecular complexity index is 934. The van der Waals surface area contributed by atoms with E-state index in [0.717, 1.165) is 0 Å². The summed E-state index contributed by atoms with van der Waals surface area (Å²) in [5.41, 5.74) is -3.66. The van der Waals surface area contributed by atoms with Crippen LogP contribution in [0, 0.1) is 28.6 Å². The minimum absolute atomic E-state index is 0.0707. The van der Waals surface area contributed by atoms with Crippen molar-refractivity contribution in [1.82, 2.24) is 0 Å². The SMILES string of the molecule is CC(=O)OCC(=O)[C@@]1(O)CC[C@H]2[C@@H]3C(O)C(O)C4=CC(=O)C=C[C@]4(C)[C@H]3C(=O)C[C@@]21C. The van der Waals surface area contributed by atoms with Gasteiger partial charge in [-0.15, -0.1) is 0 Å². The zero-order valence-electron chi connectivity index (χ0n) is 17.8. The van der Waals surface area contributed by atoms with Gasteiger partial charge in [0.25, 0.3) is 0 Å². The first-order chi connectivity index (χ1) is 14.4. The van der Waals surface area contributed by atoms with E-state index in [1.54, 1.807) is 19.9 Å². The number of Topliss-reactive ketones (excluding diaryl/α,β-unsaturated/α-hetero) is 2. The molecule has 4 rings (SSSR count). The highest BCUT2D eigenvalue weighted by Crippen LogP contribution is 2.66. The molecule has 0 saturated heterocycles. The third-order valence-corrected chi connectivity index (χ3v) is 8.38. The molecule has 4 aliphatic rings. The lowest BCUT2D eigenvalue weighted by Crippen LogP contribution is -2.65. The van der Waals surface area contributed by atoms with Crippen molar-refractivity contribution in [2.24, 2.45) is 28.6 Å². The third kappa shape index (κ3) is 2.84. The van der Waals surface area contributed by atoms with E-state index in [1.165, 1.54) is 19.1 Å². The maximum atomic E-state index is 13.5. The second-order valence-electron chi connectivity index (χ2n) is 9.88. The molecule has 0 aromatic heterocycles. The lowest BCUT2D eigenvalue weighted by atomic mass is 9.45. The number of aliphatic hydroxyl groups excluding tert-OH is 2. The summed E-state index contributed by atoms with van der Waals surface area (Å²) in [7, 11) is 0. The Hall–Kier alpha value is -2.16. The van der Waals surface area contributed by atoms with Gasteiger partial charge in [0.1, 0.15) is 17.5 Å². The van der Waals surface area contributed by atoms with E-state index < -0.39 is 64.8 Å². The molecule has 0 bridgehead atoms. The summed E-state index contributed by atoms with van der Waals surface area (Å²) >= 11 is 0. The summed E-state index contributed by atoms with van der Waals surface area (Å²) in [6.45, 7) is 4.02. The van der Waals surface area contributed by atoms with Crippen LogP contribution < -0.4 is 0 Å². The van der Waals surface area contributed by atoms with E-state index in [4.69, 9.17) is 4.74 Å². The van der Waals surface area contributed by atoms with Crippen molar-refractivity contribution in [1.29, 1.82) is 0 Å². The van der Waals surface area contributed by atoms with Gasteiger partial charge >= 0.3 is 5.97 Å². The van der Waals surface area contributed by atoms with E-state index >= 15 is 0 Å². The van der Waals surface area contributed by atoms with Crippen LogP contribution in [-0.2, 0) is 23.9 Å². The van der Waals surface area contributed by atoms with Crippen molar-refractivity contribution >= 4 is 23.3 Å². The maximum Gasteiger partial charge on any atom is 0.303 e. The summed E-state index contributed by atoms with van der Waals surface area (Å²) in [5, 5.41) is 33.3. The summed E-state index contributed by atoms with van der Waals surface area (Å²) in [6, 6.07) is 0. The number of rotatable bonds is 3. The molecule has 0 radical (unpaired) electrons. The number of hydrogen-bond donors (Lipinski definition) is 3. The molecule has 0 spiro atoms. The largest absolute Gasteiger partial charge is 0.458 e. The van der Waals surface area contributed by atoms with Gasteiger partial charge < -0.3 is 20.1 Å². The van der Waals surface area contributed by atoms with Crippen LogP contribution in [-0.4, -0.2) is 63.1 Å². The number of hydrogen-bond acceptors (Lipinski definition) is 8. The average Bonchev–Trinajstić information content (AvgIpc) is 2.96. The standard InChI is InChI=1S/C23H28O8/c1-11(24)31-10-16(27)23(30)7-5-13-17-18(15(26)9-22(13,23)3)21(2)6-4-12(25)8-14(21)19(28)20(17)29/h4,6,8,13,17-20,28-30H,5,7,9-10H2,1-3H3/t13-,17-,18-,19?,20?,21-,22-,23-/m0/s1. The number of esters is 1. The van der Waals surface area contributed by atoms with E-state index in [1.807, 2.05) is 0 Å². The van der Waals surface area contributed by atoms with Gasteiger partial charge in [-0.2, -0.15) is 0 Å². The lowest BCUT2D eigenvalue weighted by Gasteiger charge is -2.59. The summed E-state index contributed by atoms with van der Waals surface area (Å²) in [4.78, 5) is 49.4. The van der Waals surface area contributed by atoms with Crippen LogP contribution in [0.15, 0.2) is 23.8 Å². The van der Waals surface area contributed by atoms with Crippen LogP contribution >= 0.6 is 0 Å². The first-order valence-corrected chi connectivity index (χ1v) is 10.6. The highest BCUT2D eigenvalue weighted by Gasteiger charge is 2.70. The van der Waals surface area contributed by atoms with E-state index in [9.17, 15) is 34.5 Å². The quantitative estimate of drug-likeness (QED) is 0.541. The van der Waals surface area contributed by atoms with Crippen LogP contribution in [0.1, 0.15) is 40.0 Å². The van der Waals surface area contributed by atoms with Gasteiger partial charge in [-0.25, -0.2) is 0 Å². The Balaban J connectivity index is 1.75. The van der Waals surface area contributed by atoms with E-state index in [0.29, 0.717) is 12.0 Å². The molecule has 2 unspecified atom stereocenters. The van der Waals surface area contributed by atoms with Crippen molar-refractivity contribution in [3.05, 3.63) is 23.8 Å². The predicted octanol–water partition coefficient (Wildman–Crippen LogP) is 0.278. The van der Waals surface area contributed by atoms with Crippen molar-refractivity contribution in [3.8, 4) is 0 Å². The number of carbonyl (C=O) groups is 4.